The normalized spacial score (nSPS) is 22.7. The molecule has 0 saturated heterocycles. The fraction of sp³-hybridized carbons (Fsp3) is 0.875. The highest BCUT2D eigenvalue weighted by Gasteiger charge is 2.44. The summed E-state index contributed by atoms with van der Waals surface area (Å²) in [5, 5.41) is 8.61. The lowest BCUT2D eigenvalue weighted by atomic mass is 10.0. The predicted molar refractivity (Wildman–Crippen MR) is 40.4 cm³/mol. The number of hydrogen-bond acceptors (Lipinski definition) is 2. The molecule has 1 saturated carbocycles. The quantitative estimate of drug-likeness (QED) is 0.670. The molecule has 1 unspecified atom stereocenters. The molecule has 0 aliphatic heterocycles. The SMILES string of the molecule is COC1(CC(C)C(=O)O)CC1. The van der Waals surface area contributed by atoms with E-state index in [1.54, 1.807) is 14.0 Å². The van der Waals surface area contributed by atoms with Gasteiger partial charge < -0.3 is 9.84 Å². The molecule has 0 bridgehead atoms. The van der Waals surface area contributed by atoms with Gasteiger partial charge in [0.05, 0.1) is 11.5 Å². The van der Waals surface area contributed by atoms with Gasteiger partial charge in [-0.2, -0.15) is 0 Å². The Balaban J connectivity index is 2.35. The van der Waals surface area contributed by atoms with Crippen molar-refractivity contribution in [1.29, 1.82) is 0 Å². The first-order valence-electron chi connectivity index (χ1n) is 3.88. The van der Waals surface area contributed by atoms with Crippen molar-refractivity contribution >= 4 is 5.97 Å². The van der Waals surface area contributed by atoms with E-state index in [1.165, 1.54) is 0 Å². The van der Waals surface area contributed by atoms with Gasteiger partial charge in [0, 0.05) is 7.11 Å². The zero-order valence-electron chi connectivity index (χ0n) is 6.96. The number of carboxylic acid groups (broad SMARTS) is 1. The van der Waals surface area contributed by atoms with Crippen molar-refractivity contribution in [3.05, 3.63) is 0 Å². The van der Waals surface area contributed by atoms with Crippen LogP contribution < -0.4 is 0 Å². The average Bonchev–Trinajstić information content (AvgIpc) is 2.69. The maximum atomic E-state index is 10.5. The molecule has 0 aromatic carbocycles. The van der Waals surface area contributed by atoms with Crippen molar-refractivity contribution in [2.75, 3.05) is 7.11 Å². The zero-order valence-corrected chi connectivity index (χ0v) is 6.96. The van der Waals surface area contributed by atoms with E-state index in [2.05, 4.69) is 0 Å². The molecule has 3 heteroatoms. The number of hydrogen-bond donors (Lipinski definition) is 1. The van der Waals surface area contributed by atoms with Crippen LogP contribution in [0.3, 0.4) is 0 Å². The molecule has 0 aromatic heterocycles. The van der Waals surface area contributed by atoms with Gasteiger partial charge in [0.2, 0.25) is 0 Å². The highest BCUT2D eigenvalue weighted by molar-refractivity contribution is 5.69. The number of rotatable bonds is 4. The molecule has 1 aliphatic carbocycles. The van der Waals surface area contributed by atoms with E-state index >= 15 is 0 Å². The van der Waals surface area contributed by atoms with Crippen LogP contribution in [0.15, 0.2) is 0 Å². The first-order valence-corrected chi connectivity index (χ1v) is 3.88. The van der Waals surface area contributed by atoms with Crippen LogP contribution in [0.2, 0.25) is 0 Å². The van der Waals surface area contributed by atoms with E-state index in [9.17, 15) is 4.79 Å². The molecule has 1 N–H and O–H groups in total. The van der Waals surface area contributed by atoms with Gasteiger partial charge in [-0.1, -0.05) is 6.92 Å². The Hall–Kier alpha value is -0.570. The van der Waals surface area contributed by atoms with Gasteiger partial charge in [-0.05, 0) is 19.3 Å². The second kappa shape index (κ2) is 2.81. The lowest BCUT2D eigenvalue weighted by Gasteiger charge is -2.15. The second-order valence-corrected chi connectivity index (χ2v) is 3.33. The van der Waals surface area contributed by atoms with Gasteiger partial charge in [0.25, 0.3) is 0 Å². The Morgan fingerprint density at radius 2 is 2.27 bits per heavy atom. The molecule has 1 atom stereocenters. The van der Waals surface area contributed by atoms with Crippen molar-refractivity contribution in [3.63, 3.8) is 0 Å². The van der Waals surface area contributed by atoms with E-state index in [-0.39, 0.29) is 11.5 Å². The van der Waals surface area contributed by atoms with Crippen LogP contribution >= 0.6 is 0 Å². The monoisotopic (exact) mass is 158 g/mol. The number of aliphatic carboxylic acids is 1. The van der Waals surface area contributed by atoms with Gasteiger partial charge in [-0.25, -0.2) is 0 Å². The van der Waals surface area contributed by atoms with Gasteiger partial charge in [0.15, 0.2) is 0 Å². The van der Waals surface area contributed by atoms with Crippen molar-refractivity contribution in [2.24, 2.45) is 5.92 Å². The van der Waals surface area contributed by atoms with Crippen LogP contribution in [0.1, 0.15) is 26.2 Å². The lowest BCUT2D eigenvalue weighted by molar-refractivity contribution is -0.142. The topological polar surface area (TPSA) is 46.5 Å². The van der Waals surface area contributed by atoms with E-state index in [1.807, 2.05) is 0 Å². The Labute approximate surface area is 66.4 Å². The predicted octanol–water partition coefficient (Wildman–Crippen LogP) is 1.28. The first-order chi connectivity index (χ1) is 5.09. The molecular weight excluding hydrogens is 144 g/mol. The molecule has 0 radical (unpaired) electrons. The third kappa shape index (κ3) is 1.93. The standard InChI is InChI=1S/C8H14O3/c1-6(7(9)10)5-8(11-2)3-4-8/h6H,3-5H2,1-2H3,(H,9,10). The summed E-state index contributed by atoms with van der Waals surface area (Å²) < 4.78 is 5.21. The van der Waals surface area contributed by atoms with E-state index in [0.29, 0.717) is 6.42 Å². The fourth-order valence-corrected chi connectivity index (χ4v) is 1.28. The molecule has 0 heterocycles. The highest BCUT2D eigenvalue weighted by atomic mass is 16.5. The van der Waals surface area contributed by atoms with Crippen LogP contribution in [0.5, 0.6) is 0 Å². The van der Waals surface area contributed by atoms with E-state index in [0.717, 1.165) is 12.8 Å². The molecule has 0 spiro atoms. The number of ether oxygens (including phenoxy) is 1. The summed E-state index contributed by atoms with van der Waals surface area (Å²) in [6.45, 7) is 1.72. The first kappa shape index (κ1) is 8.53. The van der Waals surface area contributed by atoms with Gasteiger partial charge >= 0.3 is 5.97 Å². The minimum absolute atomic E-state index is 0.0855. The molecule has 1 aliphatic rings. The second-order valence-electron chi connectivity index (χ2n) is 3.33. The van der Waals surface area contributed by atoms with Crippen LogP contribution in [-0.2, 0) is 9.53 Å². The fourth-order valence-electron chi connectivity index (χ4n) is 1.28. The van der Waals surface area contributed by atoms with Gasteiger partial charge in [0.1, 0.15) is 0 Å². The zero-order chi connectivity index (χ0) is 8.48. The van der Waals surface area contributed by atoms with Crippen LogP contribution in [-0.4, -0.2) is 23.8 Å². The Morgan fingerprint density at radius 1 is 1.73 bits per heavy atom. The molecule has 0 aromatic rings. The van der Waals surface area contributed by atoms with Crippen LogP contribution in [0.4, 0.5) is 0 Å². The van der Waals surface area contributed by atoms with Gasteiger partial charge in [-0.3, -0.25) is 4.79 Å². The van der Waals surface area contributed by atoms with Crippen LogP contribution in [0.25, 0.3) is 0 Å². The summed E-state index contributed by atoms with van der Waals surface area (Å²) in [6.07, 6.45) is 2.68. The van der Waals surface area contributed by atoms with Crippen LogP contribution in [0, 0.1) is 5.92 Å². The summed E-state index contributed by atoms with van der Waals surface area (Å²) in [7, 11) is 1.65. The van der Waals surface area contributed by atoms with Crippen molar-refractivity contribution in [2.45, 2.75) is 31.8 Å². The smallest absolute Gasteiger partial charge is 0.306 e. The average molecular weight is 158 g/mol. The number of carbonyl (C=O) groups is 1. The van der Waals surface area contributed by atoms with Crippen molar-refractivity contribution in [1.82, 2.24) is 0 Å². The molecule has 1 rings (SSSR count). The van der Waals surface area contributed by atoms with Crippen molar-refractivity contribution in [3.8, 4) is 0 Å². The molecular formula is C8H14O3. The third-order valence-corrected chi connectivity index (χ3v) is 2.34. The summed E-state index contributed by atoms with van der Waals surface area (Å²) in [6, 6.07) is 0. The molecule has 11 heavy (non-hydrogen) atoms. The minimum Gasteiger partial charge on any atom is -0.481 e. The van der Waals surface area contributed by atoms with E-state index in [4.69, 9.17) is 9.84 Å². The largest absolute Gasteiger partial charge is 0.481 e. The maximum absolute atomic E-state index is 10.5. The molecule has 0 amide bonds. The van der Waals surface area contributed by atoms with E-state index < -0.39 is 5.97 Å². The minimum atomic E-state index is -0.728. The summed E-state index contributed by atoms with van der Waals surface area (Å²) in [4.78, 5) is 10.5. The number of methoxy groups -OCH3 is 1. The summed E-state index contributed by atoms with van der Waals surface area (Å²) in [5.74, 6) is -1.01. The number of carboxylic acids is 1. The Bertz CT molecular complexity index is 161. The van der Waals surface area contributed by atoms with Crippen molar-refractivity contribution < 1.29 is 14.6 Å². The lowest BCUT2D eigenvalue weighted by Crippen LogP contribution is -2.20. The Kier molecular flexibility index (Phi) is 2.18. The Morgan fingerprint density at radius 3 is 2.55 bits per heavy atom. The summed E-state index contributed by atoms with van der Waals surface area (Å²) in [5.41, 5.74) is -0.0855. The summed E-state index contributed by atoms with van der Waals surface area (Å²) >= 11 is 0. The highest BCUT2D eigenvalue weighted by Crippen LogP contribution is 2.44. The van der Waals surface area contributed by atoms with Gasteiger partial charge in [-0.15, -0.1) is 0 Å². The molecule has 64 valence electrons. The molecule has 1 fully saturated rings. The molecule has 3 nitrogen and oxygen atoms in total. The third-order valence-electron chi connectivity index (χ3n) is 2.34. The maximum Gasteiger partial charge on any atom is 0.306 e.